The molecule has 3 unspecified atom stereocenters. The molecule has 1 heterocycles. The predicted molar refractivity (Wildman–Crippen MR) is 84.7 cm³/mol. The van der Waals surface area contributed by atoms with Gasteiger partial charge in [-0.2, -0.15) is 0 Å². The lowest BCUT2D eigenvalue weighted by atomic mass is 9.93. The molecular formula is C17H16Cl2O2. The highest BCUT2D eigenvalue weighted by molar-refractivity contribution is 6.42. The van der Waals surface area contributed by atoms with Crippen LogP contribution in [0.15, 0.2) is 48.5 Å². The molecule has 2 aromatic carbocycles. The van der Waals surface area contributed by atoms with Crippen molar-refractivity contribution in [2.45, 2.75) is 31.2 Å². The molecule has 0 radical (unpaired) electrons. The summed E-state index contributed by atoms with van der Waals surface area (Å²) < 4.78 is 6.16. The maximum absolute atomic E-state index is 10.2. The van der Waals surface area contributed by atoms with E-state index in [-0.39, 0.29) is 18.3 Å². The van der Waals surface area contributed by atoms with Crippen LogP contribution in [0.3, 0.4) is 0 Å². The van der Waals surface area contributed by atoms with Crippen LogP contribution in [0.2, 0.25) is 10.0 Å². The van der Waals surface area contributed by atoms with Gasteiger partial charge in [0, 0.05) is 12.8 Å². The van der Waals surface area contributed by atoms with Gasteiger partial charge in [-0.05, 0) is 23.3 Å². The van der Waals surface area contributed by atoms with Gasteiger partial charge in [0.2, 0.25) is 0 Å². The quantitative estimate of drug-likeness (QED) is 0.847. The van der Waals surface area contributed by atoms with Gasteiger partial charge in [0.1, 0.15) is 0 Å². The van der Waals surface area contributed by atoms with Crippen molar-refractivity contribution in [2.75, 3.05) is 0 Å². The summed E-state index contributed by atoms with van der Waals surface area (Å²) in [5, 5.41) is 11.2. The molecular weight excluding hydrogens is 307 g/mol. The van der Waals surface area contributed by atoms with Crippen molar-refractivity contribution in [3.8, 4) is 0 Å². The van der Waals surface area contributed by atoms with E-state index in [1.807, 2.05) is 42.5 Å². The fraction of sp³-hybridized carbons (Fsp3) is 0.294. The van der Waals surface area contributed by atoms with E-state index >= 15 is 0 Å². The maximum Gasteiger partial charge on any atom is 0.0858 e. The molecule has 1 aliphatic rings. The van der Waals surface area contributed by atoms with Gasteiger partial charge in [0.15, 0.2) is 0 Å². The minimum atomic E-state index is -0.386. The number of benzene rings is 2. The van der Waals surface area contributed by atoms with Crippen LogP contribution < -0.4 is 0 Å². The number of rotatable bonds is 2. The maximum atomic E-state index is 10.2. The third-order valence-electron chi connectivity index (χ3n) is 3.79. The molecule has 3 rings (SSSR count). The number of aliphatic hydroxyl groups excluding tert-OH is 1. The second-order valence-corrected chi connectivity index (χ2v) is 6.14. The van der Waals surface area contributed by atoms with Gasteiger partial charge in [-0.25, -0.2) is 0 Å². The number of aliphatic hydroxyl groups is 1. The highest BCUT2D eigenvalue weighted by Crippen LogP contribution is 2.39. The zero-order chi connectivity index (χ0) is 14.8. The van der Waals surface area contributed by atoms with Gasteiger partial charge in [0.05, 0.1) is 28.4 Å². The van der Waals surface area contributed by atoms with Crippen LogP contribution in [0.4, 0.5) is 0 Å². The summed E-state index contributed by atoms with van der Waals surface area (Å²) in [6, 6.07) is 15.5. The first-order chi connectivity index (χ1) is 10.1. The molecule has 0 aromatic heterocycles. The van der Waals surface area contributed by atoms with E-state index < -0.39 is 0 Å². The normalized spacial score (nSPS) is 25.8. The van der Waals surface area contributed by atoms with E-state index in [0.717, 1.165) is 11.1 Å². The van der Waals surface area contributed by atoms with Crippen LogP contribution >= 0.6 is 23.2 Å². The first kappa shape index (κ1) is 14.9. The fourth-order valence-electron chi connectivity index (χ4n) is 2.71. The topological polar surface area (TPSA) is 29.5 Å². The van der Waals surface area contributed by atoms with Crippen molar-refractivity contribution in [3.63, 3.8) is 0 Å². The Bertz CT molecular complexity index is 615. The molecule has 2 nitrogen and oxygen atoms in total. The van der Waals surface area contributed by atoms with E-state index in [2.05, 4.69) is 0 Å². The zero-order valence-electron chi connectivity index (χ0n) is 11.4. The van der Waals surface area contributed by atoms with E-state index in [1.54, 1.807) is 6.07 Å². The van der Waals surface area contributed by atoms with E-state index in [4.69, 9.17) is 27.9 Å². The van der Waals surface area contributed by atoms with Gasteiger partial charge in [-0.3, -0.25) is 0 Å². The Morgan fingerprint density at radius 3 is 2.19 bits per heavy atom. The minimum absolute atomic E-state index is 0.102. The fourth-order valence-corrected chi connectivity index (χ4v) is 3.02. The molecule has 0 bridgehead atoms. The molecule has 110 valence electrons. The number of ether oxygens (including phenoxy) is 1. The third kappa shape index (κ3) is 3.41. The van der Waals surface area contributed by atoms with Gasteiger partial charge in [-0.15, -0.1) is 0 Å². The summed E-state index contributed by atoms with van der Waals surface area (Å²) in [5.41, 5.74) is 2.03. The van der Waals surface area contributed by atoms with Gasteiger partial charge < -0.3 is 9.84 Å². The predicted octanol–water partition coefficient (Wildman–Crippen LogP) is 4.95. The zero-order valence-corrected chi connectivity index (χ0v) is 12.9. The molecule has 1 N–H and O–H groups in total. The van der Waals surface area contributed by atoms with E-state index in [0.29, 0.717) is 22.9 Å². The Balaban J connectivity index is 1.84. The van der Waals surface area contributed by atoms with Gasteiger partial charge in [0.25, 0.3) is 0 Å². The molecule has 1 aliphatic heterocycles. The van der Waals surface area contributed by atoms with E-state index in [1.165, 1.54) is 0 Å². The molecule has 0 spiro atoms. The molecule has 2 aromatic rings. The molecule has 4 heteroatoms. The summed E-state index contributed by atoms with van der Waals surface area (Å²) in [6.45, 7) is 0. The number of hydrogen-bond acceptors (Lipinski definition) is 2. The minimum Gasteiger partial charge on any atom is -0.393 e. The Hall–Kier alpha value is -1.06. The van der Waals surface area contributed by atoms with Crippen molar-refractivity contribution < 1.29 is 9.84 Å². The number of hydrogen-bond donors (Lipinski definition) is 1. The third-order valence-corrected chi connectivity index (χ3v) is 4.53. The van der Waals surface area contributed by atoms with Crippen molar-refractivity contribution in [2.24, 2.45) is 0 Å². The lowest BCUT2D eigenvalue weighted by molar-refractivity contribution is -0.0998. The van der Waals surface area contributed by atoms with Crippen molar-refractivity contribution in [1.82, 2.24) is 0 Å². The molecule has 1 fully saturated rings. The SMILES string of the molecule is OC1CC(c2ccccc2)OC(c2ccc(Cl)c(Cl)c2)C1. The van der Waals surface area contributed by atoms with Crippen LogP contribution in [0.25, 0.3) is 0 Å². The molecule has 0 amide bonds. The summed E-state index contributed by atoms with van der Waals surface area (Å²) in [4.78, 5) is 0. The molecule has 21 heavy (non-hydrogen) atoms. The number of halogens is 2. The van der Waals surface area contributed by atoms with Crippen LogP contribution in [0.1, 0.15) is 36.2 Å². The average molecular weight is 323 g/mol. The largest absolute Gasteiger partial charge is 0.393 e. The lowest BCUT2D eigenvalue weighted by Crippen LogP contribution is -2.26. The van der Waals surface area contributed by atoms with Crippen molar-refractivity contribution in [1.29, 1.82) is 0 Å². The summed E-state index contributed by atoms with van der Waals surface area (Å²) in [7, 11) is 0. The summed E-state index contributed by atoms with van der Waals surface area (Å²) >= 11 is 12.0. The molecule has 3 atom stereocenters. The van der Waals surface area contributed by atoms with Gasteiger partial charge >= 0.3 is 0 Å². The highest BCUT2D eigenvalue weighted by Gasteiger charge is 2.30. The second kappa shape index (κ2) is 6.37. The van der Waals surface area contributed by atoms with Crippen LogP contribution in [-0.4, -0.2) is 11.2 Å². The molecule has 0 saturated carbocycles. The van der Waals surface area contributed by atoms with Gasteiger partial charge in [-0.1, -0.05) is 59.6 Å². The van der Waals surface area contributed by atoms with Crippen molar-refractivity contribution >= 4 is 23.2 Å². The summed E-state index contributed by atoms with van der Waals surface area (Å²) in [5.74, 6) is 0. The molecule has 0 aliphatic carbocycles. The van der Waals surface area contributed by atoms with E-state index in [9.17, 15) is 5.11 Å². The smallest absolute Gasteiger partial charge is 0.0858 e. The summed E-state index contributed by atoms with van der Waals surface area (Å²) in [6.07, 6.45) is 0.523. The lowest BCUT2D eigenvalue weighted by Gasteiger charge is -2.34. The van der Waals surface area contributed by atoms with Crippen LogP contribution in [0.5, 0.6) is 0 Å². The standard InChI is InChI=1S/C17H16Cl2O2/c18-14-7-6-12(8-15(14)19)17-10-13(20)9-16(21-17)11-4-2-1-3-5-11/h1-8,13,16-17,20H,9-10H2. The first-order valence-corrected chi connectivity index (χ1v) is 7.72. The first-order valence-electron chi connectivity index (χ1n) is 6.97. The van der Waals surface area contributed by atoms with Crippen LogP contribution in [0, 0.1) is 0 Å². The second-order valence-electron chi connectivity index (χ2n) is 5.32. The highest BCUT2D eigenvalue weighted by atomic mass is 35.5. The molecule has 1 saturated heterocycles. The Morgan fingerprint density at radius 1 is 0.857 bits per heavy atom. The average Bonchev–Trinajstić information content (AvgIpc) is 2.50. The monoisotopic (exact) mass is 322 g/mol. The Labute approximate surface area is 134 Å². The van der Waals surface area contributed by atoms with Crippen molar-refractivity contribution in [3.05, 3.63) is 69.7 Å². The Kier molecular flexibility index (Phi) is 4.51. The van der Waals surface area contributed by atoms with Crippen LogP contribution in [-0.2, 0) is 4.74 Å². The Morgan fingerprint density at radius 2 is 1.52 bits per heavy atom.